The summed E-state index contributed by atoms with van der Waals surface area (Å²) in [6.45, 7) is 2.68. The van der Waals surface area contributed by atoms with Crippen molar-refractivity contribution < 1.29 is 0 Å². The first-order valence-electron chi connectivity index (χ1n) is 9.39. The number of hydrogen-bond donors (Lipinski definition) is 2. The van der Waals surface area contributed by atoms with Gasteiger partial charge < -0.3 is 25.0 Å². The third-order valence-electron chi connectivity index (χ3n) is 4.93. The van der Waals surface area contributed by atoms with Crippen LogP contribution < -0.4 is 20.4 Å². The summed E-state index contributed by atoms with van der Waals surface area (Å²) >= 11 is 0. The van der Waals surface area contributed by atoms with Gasteiger partial charge in [0.05, 0.1) is 18.4 Å². The zero-order chi connectivity index (χ0) is 19.2. The molecule has 0 saturated carbocycles. The van der Waals surface area contributed by atoms with Crippen molar-refractivity contribution >= 4 is 41.7 Å². The van der Waals surface area contributed by atoms with E-state index in [2.05, 4.69) is 41.1 Å². The average molecular weight is 498 g/mol. The first kappa shape index (κ1) is 22.3. The van der Waals surface area contributed by atoms with E-state index < -0.39 is 0 Å². The second kappa shape index (κ2) is 10.5. The lowest BCUT2D eigenvalue weighted by Crippen LogP contribution is -2.48. The van der Waals surface area contributed by atoms with Crippen LogP contribution in [0.3, 0.4) is 0 Å². The highest BCUT2D eigenvalue weighted by atomic mass is 127. The van der Waals surface area contributed by atoms with Gasteiger partial charge in [0, 0.05) is 53.5 Å². The van der Waals surface area contributed by atoms with Crippen molar-refractivity contribution in [2.75, 3.05) is 44.0 Å². The van der Waals surface area contributed by atoms with E-state index in [0.29, 0.717) is 12.6 Å². The van der Waals surface area contributed by atoms with Gasteiger partial charge in [0.1, 0.15) is 5.82 Å². The number of guanidine groups is 1. The molecule has 3 rings (SSSR count). The second-order valence-electron chi connectivity index (χ2n) is 7.02. The monoisotopic (exact) mass is 498 g/mol. The molecule has 2 aromatic heterocycles. The Morgan fingerprint density at radius 3 is 2.57 bits per heavy atom. The number of pyridine rings is 1. The molecule has 0 atom stereocenters. The lowest BCUT2D eigenvalue weighted by Gasteiger charge is -2.33. The van der Waals surface area contributed by atoms with Gasteiger partial charge in [0.2, 0.25) is 5.95 Å². The Kier molecular flexibility index (Phi) is 8.34. The molecule has 2 aromatic rings. The SMILES string of the molecule is CN=C(NCc1cnc(N(C)C)n1C)NC1CCN(c2ccccn2)CC1.I. The number of piperidine rings is 1. The molecule has 1 saturated heterocycles. The second-order valence-corrected chi connectivity index (χ2v) is 7.02. The molecular formula is C19H31IN8. The minimum absolute atomic E-state index is 0. The summed E-state index contributed by atoms with van der Waals surface area (Å²) < 4.78 is 2.09. The van der Waals surface area contributed by atoms with Crippen LogP contribution in [0.4, 0.5) is 11.8 Å². The van der Waals surface area contributed by atoms with Crippen LogP contribution in [-0.2, 0) is 13.6 Å². The Balaban J connectivity index is 0.00000280. The Labute approximate surface area is 184 Å². The van der Waals surface area contributed by atoms with E-state index in [9.17, 15) is 0 Å². The van der Waals surface area contributed by atoms with Crippen molar-refractivity contribution in [3.05, 3.63) is 36.3 Å². The molecule has 154 valence electrons. The van der Waals surface area contributed by atoms with E-state index >= 15 is 0 Å². The fourth-order valence-corrected chi connectivity index (χ4v) is 3.37. The maximum absolute atomic E-state index is 4.45. The quantitative estimate of drug-likeness (QED) is 0.373. The highest BCUT2D eigenvalue weighted by Crippen LogP contribution is 2.17. The molecule has 0 unspecified atom stereocenters. The first-order valence-corrected chi connectivity index (χ1v) is 9.39. The van der Waals surface area contributed by atoms with Crippen molar-refractivity contribution in [2.24, 2.45) is 12.0 Å². The fourth-order valence-electron chi connectivity index (χ4n) is 3.37. The summed E-state index contributed by atoms with van der Waals surface area (Å²) in [5.41, 5.74) is 1.12. The molecule has 0 aliphatic carbocycles. The van der Waals surface area contributed by atoms with Gasteiger partial charge in [-0.25, -0.2) is 9.97 Å². The molecule has 1 aliphatic heterocycles. The molecular weight excluding hydrogens is 467 g/mol. The minimum atomic E-state index is 0. The van der Waals surface area contributed by atoms with Crippen molar-refractivity contribution in [1.29, 1.82) is 0 Å². The molecule has 0 spiro atoms. The van der Waals surface area contributed by atoms with Gasteiger partial charge in [-0.15, -0.1) is 24.0 Å². The molecule has 2 N–H and O–H groups in total. The summed E-state index contributed by atoms with van der Waals surface area (Å²) in [6.07, 6.45) is 5.88. The lowest BCUT2D eigenvalue weighted by molar-refractivity contribution is 0.459. The Morgan fingerprint density at radius 2 is 2.00 bits per heavy atom. The van der Waals surface area contributed by atoms with Crippen LogP contribution in [0.15, 0.2) is 35.6 Å². The summed E-state index contributed by atoms with van der Waals surface area (Å²) in [5, 5.41) is 6.95. The normalized spacial score (nSPS) is 15.1. The zero-order valence-electron chi connectivity index (χ0n) is 17.1. The number of hydrogen-bond acceptors (Lipinski definition) is 5. The molecule has 0 aromatic carbocycles. The predicted octanol–water partition coefficient (Wildman–Crippen LogP) is 1.83. The molecule has 0 amide bonds. The average Bonchev–Trinajstić information content (AvgIpc) is 3.07. The molecule has 8 nitrogen and oxygen atoms in total. The maximum Gasteiger partial charge on any atom is 0.204 e. The standard InChI is InChI=1S/C19H30N8.HI/c1-20-18(22-13-16-14-23-19(25(2)3)26(16)4)24-15-8-11-27(12-9-15)17-7-5-6-10-21-17;/h5-7,10,14-15H,8-9,11-13H2,1-4H3,(H2,20,22,24);1H. The number of halogens is 1. The zero-order valence-corrected chi connectivity index (χ0v) is 19.4. The smallest absolute Gasteiger partial charge is 0.204 e. The van der Waals surface area contributed by atoms with Gasteiger partial charge in [-0.05, 0) is 25.0 Å². The van der Waals surface area contributed by atoms with E-state index in [-0.39, 0.29) is 24.0 Å². The number of rotatable bonds is 5. The Morgan fingerprint density at radius 1 is 1.25 bits per heavy atom. The number of nitrogens with one attached hydrogen (secondary N) is 2. The molecule has 0 bridgehead atoms. The van der Waals surface area contributed by atoms with Crippen molar-refractivity contribution in [2.45, 2.75) is 25.4 Å². The van der Waals surface area contributed by atoms with Gasteiger partial charge in [-0.2, -0.15) is 0 Å². The predicted molar refractivity (Wildman–Crippen MR) is 126 cm³/mol. The number of nitrogens with zero attached hydrogens (tertiary/aromatic N) is 6. The third-order valence-corrected chi connectivity index (χ3v) is 4.93. The highest BCUT2D eigenvalue weighted by Gasteiger charge is 2.20. The molecule has 28 heavy (non-hydrogen) atoms. The van der Waals surface area contributed by atoms with Gasteiger partial charge in [0.15, 0.2) is 5.96 Å². The Hall–Kier alpha value is -2.04. The number of aromatic nitrogens is 3. The third kappa shape index (κ3) is 5.49. The van der Waals surface area contributed by atoms with Gasteiger partial charge in [-0.1, -0.05) is 6.07 Å². The number of aliphatic imine (C=N–C) groups is 1. The van der Waals surface area contributed by atoms with Crippen LogP contribution in [0, 0.1) is 0 Å². The minimum Gasteiger partial charge on any atom is -0.356 e. The van der Waals surface area contributed by atoms with Crippen LogP contribution in [0.2, 0.25) is 0 Å². The first-order chi connectivity index (χ1) is 13.1. The molecule has 3 heterocycles. The summed E-state index contributed by atoms with van der Waals surface area (Å²) in [4.78, 5) is 17.6. The molecule has 0 radical (unpaired) electrons. The lowest BCUT2D eigenvalue weighted by atomic mass is 10.1. The maximum atomic E-state index is 4.45. The van der Waals surface area contributed by atoms with Crippen molar-refractivity contribution in [1.82, 2.24) is 25.2 Å². The van der Waals surface area contributed by atoms with E-state index in [1.165, 1.54) is 0 Å². The van der Waals surface area contributed by atoms with Crippen molar-refractivity contribution in [3.63, 3.8) is 0 Å². The van der Waals surface area contributed by atoms with E-state index in [1.54, 1.807) is 0 Å². The molecule has 1 fully saturated rings. The largest absolute Gasteiger partial charge is 0.356 e. The number of imidazole rings is 1. The van der Waals surface area contributed by atoms with Crippen LogP contribution in [0.5, 0.6) is 0 Å². The summed E-state index contributed by atoms with van der Waals surface area (Å²) in [6, 6.07) is 6.49. The number of anilines is 2. The molecule has 1 aliphatic rings. The topological polar surface area (TPSA) is 73.6 Å². The van der Waals surface area contributed by atoms with Crippen LogP contribution in [-0.4, -0.2) is 60.8 Å². The van der Waals surface area contributed by atoms with Gasteiger partial charge in [0.25, 0.3) is 0 Å². The van der Waals surface area contributed by atoms with Crippen LogP contribution >= 0.6 is 24.0 Å². The summed E-state index contributed by atoms with van der Waals surface area (Å²) in [5.74, 6) is 2.84. The van der Waals surface area contributed by atoms with Gasteiger partial charge >= 0.3 is 0 Å². The van der Waals surface area contributed by atoms with Crippen molar-refractivity contribution in [3.8, 4) is 0 Å². The van der Waals surface area contributed by atoms with Gasteiger partial charge in [-0.3, -0.25) is 4.99 Å². The van der Waals surface area contributed by atoms with E-state index in [4.69, 9.17) is 0 Å². The van der Waals surface area contributed by atoms with Crippen LogP contribution in [0.25, 0.3) is 0 Å². The van der Waals surface area contributed by atoms with Crippen LogP contribution in [0.1, 0.15) is 18.5 Å². The summed E-state index contributed by atoms with van der Waals surface area (Å²) in [7, 11) is 7.84. The van der Waals surface area contributed by atoms with E-state index in [1.807, 2.05) is 57.6 Å². The highest BCUT2D eigenvalue weighted by molar-refractivity contribution is 14.0. The fraction of sp³-hybridized carbons (Fsp3) is 0.526. The molecule has 9 heteroatoms. The van der Waals surface area contributed by atoms with E-state index in [0.717, 1.165) is 49.4 Å². The Bertz CT molecular complexity index is 751.